The average molecular weight is 481 g/mol. The van der Waals surface area contributed by atoms with Crippen molar-refractivity contribution < 1.29 is 45.3 Å². The highest BCUT2D eigenvalue weighted by molar-refractivity contribution is 5.72. The lowest BCUT2D eigenvalue weighted by Crippen LogP contribution is -2.48. The Bertz CT molecular complexity index is 459. The first kappa shape index (κ1) is 33.9. The van der Waals surface area contributed by atoms with Crippen LogP contribution in [0.2, 0.25) is 0 Å². The molecule has 0 aliphatic carbocycles. The van der Waals surface area contributed by atoms with Gasteiger partial charge in [-0.15, -0.1) is 0 Å². The summed E-state index contributed by atoms with van der Waals surface area (Å²) in [4.78, 5) is 20.4. The van der Waals surface area contributed by atoms with Crippen LogP contribution in [-0.4, -0.2) is 78.7 Å². The second-order valence-electron chi connectivity index (χ2n) is 8.61. The summed E-state index contributed by atoms with van der Waals surface area (Å²) < 4.78 is 0. The lowest BCUT2D eigenvalue weighted by Gasteiger charge is -2.23. The van der Waals surface area contributed by atoms with Crippen LogP contribution in [0.5, 0.6) is 0 Å². The van der Waals surface area contributed by atoms with E-state index in [1.165, 1.54) is 83.5 Å². The zero-order chi connectivity index (χ0) is 25.5. The van der Waals surface area contributed by atoms with Crippen LogP contribution in [0.1, 0.15) is 110 Å². The molecule has 0 spiro atoms. The van der Waals surface area contributed by atoms with E-state index < -0.39 is 43.0 Å². The van der Waals surface area contributed by atoms with Crippen molar-refractivity contribution in [3.05, 3.63) is 0 Å². The number of aliphatic hydroxyl groups is 5. The van der Waals surface area contributed by atoms with Crippen molar-refractivity contribution in [2.45, 2.75) is 134 Å². The van der Waals surface area contributed by atoms with Gasteiger partial charge in [0, 0.05) is 6.42 Å². The summed E-state index contributed by atoms with van der Waals surface area (Å²) in [5.74, 6) is -2.38. The highest BCUT2D eigenvalue weighted by Crippen LogP contribution is 2.13. The van der Waals surface area contributed by atoms with Gasteiger partial charge in [-0.25, -0.2) is 4.79 Å². The summed E-state index contributed by atoms with van der Waals surface area (Å²) in [6, 6.07) is 0. The van der Waals surface area contributed by atoms with Crippen LogP contribution in [0.25, 0.3) is 0 Å². The minimum absolute atomic E-state index is 0.345. The van der Waals surface area contributed by atoms with Gasteiger partial charge in [0.2, 0.25) is 0 Å². The Kier molecular flexibility index (Phi) is 24.5. The number of carbonyl (C=O) groups is 2. The van der Waals surface area contributed by atoms with Crippen molar-refractivity contribution in [2.24, 2.45) is 0 Å². The Hall–Kier alpha value is -1.26. The number of rotatable bonds is 21. The zero-order valence-electron chi connectivity index (χ0n) is 20.3. The van der Waals surface area contributed by atoms with E-state index in [1.807, 2.05) is 0 Å². The fourth-order valence-corrected chi connectivity index (χ4v) is 3.32. The second-order valence-corrected chi connectivity index (χ2v) is 8.61. The molecular weight excluding hydrogens is 432 g/mol. The highest BCUT2D eigenvalue weighted by Gasteiger charge is 2.33. The van der Waals surface area contributed by atoms with Gasteiger partial charge in [0.05, 0.1) is 6.61 Å². The molecule has 0 amide bonds. The van der Waals surface area contributed by atoms with E-state index in [2.05, 4.69) is 6.92 Å². The lowest BCUT2D eigenvalue weighted by atomic mass is 10.0. The molecule has 0 aliphatic heterocycles. The van der Waals surface area contributed by atoms with E-state index in [9.17, 15) is 9.59 Å². The van der Waals surface area contributed by atoms with Gasteiger partial charge in [-0.2, -0.15) is 0 Å². The lowest BCUT2D eigenvalue weighted by molar-refractivity contribution is -0.164. The predicted octanol–water partition coefficient (Wildman–Crippen LogP) is 2.84. The van der Waals surface area contributed by atoms with E-state index in [-0.39, 0.29) is 0 Å². The van der Waals surface area contributed by atoms with Crippen LogP contribution in [-0.2, 0) is 9.59 Å². The van der Waals surface area contributed by atoms with E-state index in [0.717, 1.165) is 12.8 Å². The van der Waals surface area contributed by atoms with Gasteiger partial charge in [0.1, 0.15) is 18.3 Å². The molecule has 0 saturated heterocycles. The number of carboxylic acids is 2. The number of carboxylic acid groups (broad SMARTS) is 2. The molecule has 0 aromatic heterocycles. The van der Waals surface area contributed by atoms with Crippen molar-refractivity contribution in [3.63, 3.8) is 0 Å². The number of unbranched alkanes of at least 4 members (excludes halogenated alkanes) is 14. The molecule has 0 aromatic carbocycles. The Balaban J connectivity index is 0. The number of hydrogen-bond donors (Lipinski definition) is 7. The maximum Gasteiger partial charge on any atom is 0.335 e. The van der Waals surface area contributed by atoms with Crippen LogP contribution in [0, 0.1) is 0 Å². The molecule has 7 N–H and O–H groups in total. The largest absolute Gasteiger partial charge is 0.481 e. The maximum atomic E-state index is 10.3. The van der Waals surface area contributed by atoms with Crippen molar-refractivity contribution >= 4 is 11.9 Å². The molecule has 0 rings (SSSR count). The number of aliphatic hydroxyl groups excluding tert-OH is 5. The topological polar surface area (TPSA) is 176 Å². The zero-order valence-corrected chi connectivity index (χ0v) is 20.3. The van der Waals surface area contributed by atoms with Crippen LogP contribution in [0.3, 0.4) is 0 Å². The first-order valence-corrected chi connectivity index (χ1v) is 12.5. The molecule has 4 atom stereocenters. The van der Waals surface area contributed by atoms with Crippen LogP contribution >= 0.6 is 0 Å². The molecule has 0 aliphatic rings. The van der Waals surface area contributed by atoms with Crippen LogP contribution in [0.15, 0.2) is 0 Å². The Labute approximate surface area is 198 Å². The van der Waals surface area contributed by atoms with E-state index in [4.69, 9.17) is 35.7 Å². The van der Waals surface area contributed by atoms with Crippen LogP contribution in [0.4, 0.5) is 0 Å². The smallest absolute Gasteiger partial charge is 0.335 e. The standard InChI is InChI=1S/C18H36O2.C6H12O7/c1-2-3-4-5-6-7-8-9-10-11-12-13-14-15-16-17-18(19)20;7-1-2(8)3(9)4(10)5(11)6(12)13/h2-17H2,1H3,(H,19,20);2-5,7-11H,1H2,(H,12,13)/t;2-,3-,4+,5-/m.1/s1. The van der Waals surface area contributed by atoms with E-state index in [1.54, 1.807) is 0 Å². The summed E-state index contributed by atoms with van der Waals surface area (Å²) in [6.07, 6.45) is 12.4. The molecule has 0 saturated carbocycles. The van der Waals surface area contributed by atoms with E-state index >= 15 is 0 Å². The summed E-state index contributed by atoms with van der Waals surface area (Å²) in [6.45, 7) is 1.43. The maximum absolute atomic E-state index is 10.3. The number of hydrogen-bond acceptors (Lipinski definition) is 7. The second kappa shape index (κ2) is 23.9. The van der Waals surface area contributed by atoms with E-state index in [0.29, 0.717) is 6.42 Å². The summed E-state index contributed by atoms with van der Waals surface area (Å²) >= 11 is 0. The quantitative estimate of drug-likeness (QED) is 0.122. The van der Waals surface area contributed by atoms with Gasteiger partial charge in [-0.1, -0.05) is 96.8 Å². The van der Waals surface area contributed by atoms with Gasteiger partial charge in [-0.3, -0.25) is 4.79 Å². The van der Waals surface area contributed by atoms with Crippen molar-refractivity contribution in [2.75, 3.05) is 6.61 Å². The molecule has 0 heterocycles. The summed E-state index contributed by atoms with van der Waals surface area (Å²) in [5.41, 5.74) is 0. The van der Waals surface area contributed by atoms with Gasteiger partial charge in [0.15, 0.2) is 6.10 Å². The van der Waals surface area contributed by atoms with Gasteiger partial charge >= 0.3 is 11.9 Å². The first-order chi connectivity index (χ1) is 15.7. The molecule has 9 nitrogen and oxygen atoms in total. The first-order valence-electron chi connectivity index (χ1n) is 12.5. The Morgan fingerprint density at radius 1 is 0.606 bits per heavy atom. The third-order valence-electron chi connectivity index (χ3n) is 5.50. The molecular formula is C24H48O9. The van der Waals surface area contributed by atoms with Crippen molar-refractivity contribution in [1.82, 2.24) is 0 Å². The van der Waals surface area contributed by atoms with Crippen molar-refractivity contribution in [3.8, 4) is 0 Å². The summed E-state index contributed by atoms with van der Waals surface area (Å²) in [5, 5.41) is 60.3. The molecule has 198 valence electrons. The molecule has 0 radical (unpaired) electrons. The molecule has 0 bridgehead atoms. The minimum Gasteiger partial charge on any atom is -0.481 e. The Morgan fingerprint density at radius 3 is 1.27 bits per heavy atom. The molecule has 9 heteroatoms. The Morgan fingerprint density at radius 2 is 0.970 bits per heavy atom. The van der Waals surface area contributed by atoms with Gasteiger partial charge in [-0.05, 0) is 6.42 Å². The van der Waals surface area contributed by atoms with Gasteiger partial charge in [0.25, 0.3) is 0 Å². The highest BCUT2D eigenvalue weighted by atomic mass is 16.4. The van der Waals surface area contributed by atoms with Crippen LogP contribution < -0.4 is 0 Å². The normalized spacial score (nSPS) is 14.6. The minimum atomic E-state index is -2.20. The molecule has 0 unspecified atom stereocenters. The predicted molar refractivity (Wildman–Crippen MR) is 126 cm³/mol. The van der Waals surface area contributed by atoms with Crippen molar-refractivity contribution in [1.29, 1.82) is 0 Å². The SMILES string of the molecule is CCCCCCCCCCCCCCCCCC(=O)O.O=C(O)[C@H](O)[C@@H](O)[C@H](O)[C@H](O)CO. The monoisotopic (exact) mass is 480 g/mol. The fourth-order valence-electron chi connectivity index (χ4n) is 3.32. The summed E-state index contributed by atoms with van der Waals surface area (Å²) in [7, 11) is 0. The molecule has 33 heavy (non-hydrogen) atoms. The van der Waals surface area contributed by atoms with Gasteiger partial charge < -0.3 is 35.7 Å². The molecule has 0 fully saturated rings. The average Bonchev–Trinajstić information content (AvgIpc) is 2.79. The molecule has 0 aromatic rings. The third-order valence-corrected chi connectivity index (χ3v) is 5.50. The number of aliphatic carboxylic acids is 2. The third kappa shape index (κ3) is 22.3. The fraction of sp³-hybridized carbons (Fsp3) is 0.917.